The predicted octanol–water partition coefficient (Wildman–Crippen LogP) is 3.23. The maximum atomic E-state index is 11.8. The molecular weight excluding hydrogens is 292 g/mol. The largest absolute Gasteiger partial charge is 0.444 e. The van der Waals surface area contributed by atoms with Crippen LogP contribution in [0.4, 0.5) is 4.79 Å². The van der Waals surface area contributed by atoms with Gasteiger partial charge in [0, 0.05) is 25.7 Å². The van der Waals surface area contributed by atoms with Crippen molar-refractivity contribution >= 4 is 6.09 Å². The predicted molar refractivity (Wildman–Crippen MR) is 91.6 cm³/mol. The Morgan fingerprint density at radius 2 is 1.78 bits per heavy atom. The fourth-order valence-corrected chi connectivity index (χ4v) is 3.80. The maximum Gasteiger partial charge on any atom is 0.407 e. The Kier molecular flexibility index (Phi) is 6.72. The number of ether oxygens (including phenoxy) is 2. The van der Waals surface area contributed by atoms with Gasteiger partial charge in [-0.25, -0.2) is 4.79 Å². The molecule has 2 rings (SSSR count). The van der Waals surface area contributed by atoms with Crippen molar-refractivity contribution in [3.8, 4) is 0 Å². The Bertz CT molecular complexity index is 373. The van der Waals surface area contributed by atoms with E-state index in [0.717, 1.165) is 12.8 Å². The van der Waals surface area contributed by atoms with Gasteiger partial charge in [-0.15, -0.1) is 0 Å². The second-order valence-electron chi connectivity index (χ2n) is 8.06. The van der Waals surface area contributed by atoms with Crippen molar-refractivity contribution in [3.63, 3.8) is 0 Å². The van der Waals surface area contributed by atoms with Crippen LogP contribution in [-0.4, -0.2) is 43.5 Å². The lowest BCUT2D eigenvalue weighted by atomic mass is 9.91. The SMILES string of the molecule is COC1CCC(NC2CCCC2CNC(=O)OC(C)(C)C)CC1. The molecule has 0 aromatic heterocycles. The van der Waals surface area contributed by atoms with E-state index in [9.17, 15) is 4.79 Å². The summed E-state index contributed by atoms with van der Waals surface area (Å²) in [6.07, 6.45) is 8.48. The molecule has 0 radical (unpaired) electrons. The third-order valence-corrected chi connectivity index (χ3v) is 5.02. The van der Waals surface area contributed by atoms with Crippen LogP contribution in [-0.2, 0) is 9.47 Å². The standard InChI is InChI=1S/C18H34N2O3/c1-18(2,3)23-17(21)19-12-13-6-5-7-16(13)20-14-8-10-15(22-4)11-9-14/h13-16,20H,5-12H2,1-4H3,(H,19,21). The van der Waals surface area contributed by atoms with Gasteiger partial charge in [0.05, 0.1) is 6.10 Å². The number of methoxy groups -OCH3 is 1. The fraction of sp³-hybridized carbons (Fsp3) is 0.944. The molecule has 2 atom stereocenters. The summed E-state index contributed by atoms with van der Waals surface area (Å²) in [7, 11) is 1.81. The van der Waals surface area contributed by atoms with Gasteiger partial charge in [0.1, 0.15) is 5.60 Å². The molecule has 0 saturated heterocycles. The van der Waals surface area contributed by atoms with Crippen LogP contribution in [0.1, 0.15) is 65.7 Å². The van der Waals surface area contributed by atoms with Gasteiger partial charge < -0.3 is 20.1 Å². The first-order chi connectivity index (χ1) is 10.9. The number of hydrogen-bond donors (Lipinski definition) is 2. The summed E-state index contributed by atoms with van der Waals surface area (Å²) in [5.41, 5.74) is -0.433. The minimum atomic E-state index is -0.433. The summed E-state index contributed by atoms with van der Waals surface area (Å²) in [5.74, 6) is 0.516. The monoisotopic (exact) mass is 326 g/mol. The van der Waals surface area contributed by atoms with E-state index in [1.165, 1.54) is 32.1 Å². The topological polar surface area (TPSA) is 59.6 Å². The molecule has 0 aliphatic heterocycles. The van der Waals surface area contributed by atoms with Gasteiger partial charge in [-0.3, -0.25) is 0 Å². The first kappa shape index (κ1) is 18.5. The quantitative estimate of drug-likeness (QED) is 0.814. The zero-order valence-corrected chi connectivity index (χ0v) is 15.2. The van der Waals surface area contributed by atoms with E-state index in [2.05, 4.69) is 10.6 Å². The Labute approximate surface area is 140 Å². The molecule has 134 valence electrons. The molecule has 2 fully saturated rings. The number of carbonyl (C=O) groups is 1. The Morgan fingerprint density at radius 1 is 1.09 bits per heavy atom. The van der Waals surface area contributed by atoms with E-state index in [-0.39, 0.29) is 6.09 Å². The Hall–Kier alpha value is -0.810. The van der Waals surface area contributed by atoms with Crippen LogP contribution in [0.3, 0.4) is 0 Å². The first-order valence-corrected chi connectivity index (χ1v) is 9.13. The molecule has 2 aliphatic carbocycles. The van der Waals surface area contributed by atoms with Crippen LogP contribution in [0.5, 0.6) is 0 Å². The van der Waals surface area contributed by atoms with Gasteiger partial charge >= 0.3 is 6.09 Å². The molecular formula is C18H34N2O3. The number of hydrogen-bond acceptors (Lipinski definition) is 4. The second kappa shape index (κ2) is 8.34. The number of amides is 1. The van der Waals surface area contributed by atoms with Crippen molar-refractivity contribution in [3.05, 3.63) is 0 Å². The van der Waals surface area contributed by atoms with Crippen molar-refractivity contribution in [2.75, 3.05) is 13.7 Å². The van der Waals surface area contributed by atoms with Gasteiger partial charge in [-0.1, -0.05) is 6.42 Å². The highest BCUT2D eigenvalue weighted by Gasteiger charge is 2.31. The molecule has 0 heterocycles. The van der Waals surface area contributed by atoms with Crippen molar-refractivity contribution in [1.29, 1.82) is 0 Å². The summed E-state index contributed by atoms with van der Waals surface area (Å²) in [5, 5.41) is 6.78. The highest BCUT2D eigenvalue weighted by molar-refractivity contribution is 5.67. The lowest BCUT2D eigenvalue weighted by Crippen LogP contribution is -2.46. The van der Waals surface area contributed by atoms with Gasteiger partial charge in [0.2, 0.25) is 0 Å². The maximum absolute atomic E-state index is 11.8. The zero-order chi connectivity index (χ0) is 16.9. The van der Waals surface area contributed by atoms with E-state index >= 15 is 0 Å². The van der Waals surface area contributed by atoms with E-state index in [0.29, 0.717) is 30.7 Å². The minimum Gasteiger partial charge on any atom is -0.444 e. The van der Waals surface area contributed by atoms with Gasteiger partial charge in [0.25, 0.3) is 0 Å². The van der Waals surface area contributed by atoms with Gasteiger partial charge in [0.15, 0.2) is 0 Å². The van der Waals surface area contributed by atoms with Crippen LogP contribution >= 0.6 is 0 Å². The van der Waals surface area contributed by atoms with Crippen LogP contribution in [0.15, 0.2) is 0 Å². The van der Waals surface area contributed by atoms with Crippen molar-refractivity contribution < 1.29 is 14.3 Å². The molecule has 0 bridgehead atoms. The van der Waals surface area contributed by atoms with Crippen LogP contribution < -0.4 is 10.6 Å². The molecule has 23 heavy (non-hydrogen) atoms. The van der Waals surface area contributed by atoms with Crippen molar-refractivity contribution in [2.24, 2.45) is 5.92 Å². The average molecular weight is 326 g/mol. The van der Waals surface area contributed by atoms with Crippen molar-refractivity contribution in [2.45, 2.75) is 89.5 Å². The summed E-state index contributed by atoms with van der Waals surface area (Å²) in [4.78, 5) is 11.8. The highest BCUT2D eigenvalue weighted by Crippen LogP contribution is 2.28. The molecule has 2 aliphatic rings. The number of alkyl carbamates (subject to hydrolysis) is 1. The van der Waals surface area contributed by atoms with E-state index in [1.54, 1.807) is 0 Å². The molecule has 2 N–H and O–H groups in total. The Morgan fingerprint density at radius 3 is 2.39 bits per heavy atom. The molecule has 2 saturated carbocycles. The molecule has 0 spiro atoms. The fourth-order valence-electron chi connectivity index (χ4n) is 3.80. The summed E-state index contributed by atoms with van der Waals surface area (Å²) in [6, 6.07) is 1.13. The highest BCUT2D eigenvalue weighted by atomic mass is 16.6. The van der Waals surface area contributed by atoms with Gasteiger partial charge in [-0.2, -0.15) is 0 Å². The van der Waals surface area contributed by atoms with E-state index < -0.39 is 5.60 Å². The molecule has 0 aromatic rings. The zero-order valence-electron chi connectivity index (χ0n) is 15.2. The van der Waals surface area contributed by atoms with E-state index in [1.807, 2.05) is 27.9 Å². The summed E-state index contributed by atoms with van der Waals surface area (Å²) in [6.45, 7) is 6.38. The summed E-state index contributed by atoms with van der Waals surface area (Å²) < 4.78 is 10.8. The minimum absolute atomic E-state index is 0.302. The summed E-state index contributed by atoms with van der Waals surface area (Å²) >= 11 is 0. The second-order valence-corrected chi connectivity index (χ2v) is 8.06. The lowest BCUT2D eigenvalue weighted by Gasteiger charge is -2.32. The normalized spacial score (nSPS) is 31.8. The van der Waals surface area contributed by atoms with Crippen LogP contribution in [0.25, 0.3) is 0 Å². The van der Waals surface area contributed by atoms with Crippen LogP contribution in [0, 0.1) is 5.92 Å². The van der Waals surface area contributed by atoms with Crippen LogP contribution in [0.2, 0.25) is 0 Å². The third kappa shape index (κ3) is 6.30. The lowest BCUT2D eigenvalue weighted by molar-refractivity contribution is 0.0511. The number of nitrogens with one attached hydrogen (secondary N) is 2. The van der Waals surface area contributed by atoms with Crippen molar-refractivity contribution in [1.82, 2.24) is 10.6 Å². The molecule has 5 heteroatoms. The molecule has 0 aromatic carbocycles. The van der Waals surface area contributed by atoms with E-state index in [4.69, 9.17) is 9.47 Å². The number of carbonyl (C=O) groups excluding carboxylic acids is 1. The Balaban J connectivity index is 1.72. The number of rotatable bonds is 5. The van der Waals surface area contributed by atoms with Gasteiger partial charge in [-0.05, 0) is 65.2 Å². The average Bonchev–Trinajstić information content (AvgIpc) is 2.91. The first-order valence-electron chi connectivity index (χ1n) is 9.13. The third-order valence-electron chi connectivity index (χ3n) is 5.02. The molecule has 1 amide bonds. The molecule has 5 nitrogen and oxygen atoms in total. The smallest absolute Gasteiger partial charge is 0.407 e. The molecule has 2 unspecified atom stereocenters.